The van der Waals surface area contributed by atoms with Crippen LogP contribution in [0.4, 0.5) is 0 Å². The van der Waals surface area contributed by atoms with Crippen molar-refractivity contribution >= 4 is 44.7 Å². The van der Waals surface area contributed by atoms with E-state index >= 15 is 0 Å². The highest BCUT2D eigenvalue weighted by Crippen LogP contribution is 2.56. The van der Waals surface area contributed by atoms with Gasteiger partial charge in [-0.3, -0.25) is 9.59 Å². The highest BCUT2D eigenvalue weighted by Gasteiger charge is 2.47. The predicted octanol–water partition coefficient (Wildman–Crippen LogP) is 9.93. The van der Waals surface area contributed by atoms with Gasteiger partial charge >= 0.3 is 0 Å². The first-order chi connectivity index (χ1) is 25.4. The zero-order valence-electron chi connectivity index (χ0n) is 31.5. The lowest BCUT2D eigenvalue weighted by atomic mass is 9.64. The summed E-state index contributed by atoms with van der Waals surface area (Å²) in [7, 11) is 0. The maximum atomic E-state index is 14.9. The fourth-order valence-electron chi connectivity index (χ4n) is 8.80. The SMILES string of the molecule is CC1CCC2C(C1)c1c(c3ccccc3c3nc4cc(C(=O)N(Cc5ccccc5)C(C(=O)NC(C)(C)C)c5ccccc5)ccc4nc13)OC2(C)C. The van der Waals surface area contributed by atoms with Crippen LogP contribution in [0.3, 0.4) is 0 Å². The third-order valence-corrected chi connectivity index (χ3v) is 11.2. The lowest BCUT2D eigenvalue weighted by Gasteiger charge is -2.49. The van der Waals surface area contributed by atoms with Gasteiger partial charge in [0.25, 0.3) is 5.91 Å². The Hall–Kier alpha value is -5.30. The monoisotopic (exact) mass is 704 g/mol. The van der Waals surface area contributed by atoms with Gasteiger partial charge in [-0.2, -0.15) is 0 Å². The Morgan fingerprint density at radius 1 is 0.849 bits per heavy atom. The number of ether oxygens (including phenoxy) is 1. The van der Waals surface area contributed by atoms with Gasteiger partial charge in [0.1, 0.15) is 17.4 Å². The van der Waals surface area contributed by atoms with Crippen LogP contribution in [0.25, 0.3) is 32.8 Å². The number of nitrogens with zero attached hydrogens (tertiary/aromatic N) is 3. The molecule has 1 N–H and O–H groups in total. The second-order valence-corrected chi connectivity index (χ2v) is 16.7. The van der Waals surface area contributed by atoms with Crippen molar-refractivity contribution in [3.8, 4) is 5.75 Å². The standard InChI is InChI=1S/C46H48N4O3/c1-28-21-23-35-34(25-28)38-40-39(32-19-13-14-20-33(32)42(38)53-46(35,5)6)48-37-26-31(22-24-36(37)47-40)44(52)50(27-29-15-9-7-10-16-29)41(30-17-11-8-12-18-30)43(51)49-45(2,3)4/h7-20,22,24,26,28,34-35,41H,21,23,25,27H2,1-6H3,(H,49,51). The zero-order valence-corrected chi connectivity index (χ0v) is 31.5. The van der Waals surface area contributed by atoms with E-state index < -0.39 is 11.6 Å². The molecule has 1 aliphatic heterocycles. The van der Waals surface area contributed by atoms with E-state index in [0.717, 1.165) is 57.0 Å². The number of benzene rings is 5. The van der Waals surface area contributed by atoms with Crippen molar-refractivity contribution in [2.24, 2.45) is 11.8 Å². The van der Waals surface area contributed by atoms with E-state index in [4.69, 9.17) is 14.7 Å². The van der Waals surface area contributed by atoms with E-state index in [1.807, 2.05) is 106 Å². The molecule has 270 valence electrons. The van der Waals surface area contributed by atoms with E-state index in [9.17, 15) is 9.59 Å². The molecule has 0 saturated heterocycles. The van der Waals surface area contributed by atoms with E-state index in [0.29, 0.717) is 28.8 Å². The molecule has 2 heterocycles. The molecule has 1 aromatic heterocycles. The smallest absolute Gasteiger partial charge is 0.255 e. The molecule has 5 aromatic carbocycles. The largest absolute Gasteiger partial charge is 0.487 e. The van der Waals surface area contributed by atoms with Crippen molar-refractivity contribution in [2.45, 2.75) is 90.4 Å². The van der Waals surface area contributed by atoms with Crippen LogP contribution in [0.1, 0.15) is 99.8 Å². The molecule has 4 atom stereocenters. The van der Waals surface area contributed by atoms with Gasteiger partial charge in [0.2, 0.25) is 5.91 Å². The molecule has 7 heteroatoms. The molecular weight excluding hydrogens is 657 g/mol. The molecule has 2 amide bonds. The minimum Gasteiger partial charge on any atom is -0.487 e. The number of carbonyl (C=O) groups is 2. The Morgan fingerprint density at radius 2 is 1.51 bits per heavy atom. The first-order valence-electron chi connectivity index (χ1n) is 18.9. The van der Waals surface area contributed by atoms with Crippen LogP contribution >= 0.6 is 0 Å². The van der Waals surface area contributed by atoms with Crippen molar-refractivity contribution in [1.29, 1.82) is 0 Å². The van der Waals surface area contributed by atoms with Crippen LogP contribution in [-0.2, 0) is 11.3 Å². The molecule has 0 radical (unpaired) electrons. The number of aromatic nitrogens is 2. The summed E-state index contributed by atoms with van der Waals surface area (Å²) >= 11 is 0. The third kappa shape index (κ3) is 6.51. The molecule has 1 aliphatic carbocycles. The highest BCUT2D eigenvalue weighted by atomic mass is 16.5. The third-order valence-electron chi connectivity index (χ3n) is 11.2. The topological polar surface area (TPSA) is 84.4 Å². The van der Waals surface area contributed by atoms with Crippen molar-refractivity contribution in [2.75, 3.05) is 0 Å². The predicted molar refractivity (Wildman–Crippen MR) is 212 cm³/mol. The molecule has 0 spiro atoms. The van der Waals surface area contributed by atoms with Gasteiger partial charge in [-0.05, 0) is 88.6 Å². The summed E-state index contributed by atoms with van der Waals surface area (Å²) in [5.41, 5.74) is 5.56. The summed E-state index contributed by atoms with van der Waals surface area (Å²) < 4.78 is 6.94. The number of carbonyl (C=O) groups excluding carboxylic acids is 2. The summed E-state index contributed by atoms with van der Waals surface area (Å²) in [5, 5.41) is 5.18. The lowest BCUT2D eigenvalue weighted by molar-refractivity contribution is -0.127. The number of rotatable bonds is 6. The Balaban J connectivity index is 1.28. The minimum atomic E-state index is -0.868. The average molecular weight is 705 g/mol. The van der Waals surface area contributed by atoms with E-state index in [2.05, 4.69) is 44.3 Å². The number of nitrogens with one attached hydrogen (secondary N) is 1. The maximum absolute atomic E-state index is 14.9. The van der Waals surface area contributed by atoms with Gasteiger partial charge in [-0.1, -0.05) is 98.3 Å². The quantitative estimate of drug-likeness (QED) is 0.138. The van der Waals surface area contributed by atoms with Crippen LogP contribution in [0.15, 0.2) is 103 Å². The normalized spacial score (nSPS) is 19.9. The highest BCUT2D eigenvalue weighted by molar-refractivity contribution is 6.11. The molecule has 53 heavy (non-hydrogen) atoms. The second-order valence-electron chi connectivity index (χ2n) is 16.7. The Morgan fingerprint density at radius 3 is 2.23 bits per heavy atom. The van der Waals surface area contributed by atoms with Crippen LogP contribution < -0.4 is 10.1 Å². The first kappa shape index (κ1) is 34.8. The zero-order chi connectivity index (χ0) is 37.1. The van der Waals surface area contributed by atoms with Crippen LogP contribution in [0.5, 0.6) is 5.75 Å². The summed E-state index contributed by atoms with van der Waals surface area (Å²) in [6.45, 7) is 12.9. The van der Waals surface area contributed by atoms with Crippen molar-refractivity contribution in [1.82, 2.24) is 20.2 Å². The van der Waals surface area contributed by atoms with Gasteiger partial charge < -0.3 is 15.0 Å². The first-order valence-corrected chi connectivity index (χ1v) is 18.9. The second kappa shape index (κ2) is 13.3. The molecule has 1 fully saturated rings. The van der Waals surface area contributed by atoms with Gasteiger partial charge in [-0.15, -0.1) is 0 Å². The van der Waals surface area contributed by atoms with E-state index in [1.54, 1.807) is 4.90 Å². The fraction of sp³-hybridized carbons (Fsp3) is 0.348. The van der Waals surface area contributed by atoms with Crippen molar-refractivity contribution in [3.05, 3.63) is 125 Å². The van der Waals surface area contributed by atoms with Crippen molar-refractivity contribution < 1.29 is 14.3 Å². The lowest BCUT2D eigenvalue weighted by Crippen LogP contribution is -2.49. The fourth-order valence-corrected chi connectivity index (χ4v) is 8.80. The summed E-state index contributed by atoms with van der Waals surface area (Å²) in [5.74, 6) is 1.75. The van der Waals surface area contributed by atoms with Crippen LogP contribution in [-0.4, -0.2) is 37.8 Å². The molecule has 2 aliphatic rings. The Labute approximate surface area is 311 Å². The molecule has 6 aromatic rings. The summed E-state index contributed by atoms with van der Waals surface area (Å²) in [6.07, 6.45) is 3.41. The maximum Gasteiger partial charge on any atom is 0.255 e. The summed E-state index contributed by atoms with van der Waals surface area (Å²) in [4.78, 5) is 41.4. The Bertz CT molecular complexity index is 2350. The van der Waals surface area contributed by atoms with E-state index in [-0.39, 0.29) is 24.0 Å². The molecule has 1 saturated carbocycles. The minimum absolute atomic E-state index is 0.239. The number of fused-ring (bicyclic) bond motifs is 9. The van der Waals surface area contributed by atoms with Crippen molar-refractivity contribution in [3.63, 3.8) is 0 Å². The van der Waals surface area contributed by atoms with Gasteiger partial charge in [-0.25, -0.2) is 9.97 Å². The average Bonchev–Trinajstić information content (AvgIpc) is 3.13. The number of amides is 2. The molecule has 0 bridgehead atoms. The molecule has 4 unspecified atom stereocenters. The van der Waals surface area contributed by atoms with Gasteiger partial charge in [0.15, 0.2) is 0 Å². The number of hydrogen-bond donors (Lipinski definition) is 1. The van der Waals surface area contributed by atoms with Crippen LogP contribution in [0, 0.1) is 11.8 Å². The van der Waals surface area contributed by atoms with Gasteiger partial charge in [0, 0.05) is 39.9 Å². The molecular formula is C46H48N4O3. The summed E-state index contributed by atoms with van der Waals surface area (Å²) in [6, 6.07) is 32.4. The number of hydrogen-bond acceptors (Lipinski definition) is 5. The van der Waals surface area contributed by atoms with E-state index in [1.165, 1.54) is 12.0 Å². The molecule has 7 nitrogen and oxygen atoms in total. The van der Waals surface area contributed by atoms with Gasteiger partial charge in [0.05, 0.1) is 22.1 Å². The van der Waals surface area contributed by atoms with Crippen LogP contribution in [0.2, 0.25) is 0 Å². The Kier molecular flexibility index (Phi) is 8.71. The molecule has 8 rings (SSSR count).